The average Bonchev–Trinajstić information content (AvgIpc) is 2.50. The van der Waals surface area contributed by atoms with Gasteiger partial charge in [-0.3, -0.25) is 15.4 Å². The molecule has 2 aromatic carbocycles. The Morgan fingerprint density at radius 3 is 2.50 bits per heavy atom. The Morgan fingerprint density at radius 1 is 1.00 bits per heavy atom. The van der Waals surface area contributed by atoms with Crippen molar-refractivity contribution in [3.63, 3.8) is 0 Å². The monoisotopic (exact) mass is 350 g/mol. The fourth-order valence-electron chi connectivity index (χ4n) is 1.93. The van der Waals surface area contributed by atoms with Crippen molar-refractivity contribution in [1.29, 1.82) is 0 Å². The normalized spacial score (nSPS) is 11.2. The van der Waals surface area contributed by atoms with Gasteiger partial charge in [0.2, 0.25) is 0 Å². The molecular formula is C15H9Cl3N4. The van der Waals surface area contributed by atoms with Gasteiger partial charge in [-0.2, -0.15) is 5.10 Å². The summed E-state index contributed by atoms with van der Waals surface area (Å²) in [6.07, 6.45) is 4.92. The summed E-state index contributed by atoms with van der Waals surface area (Å²) in [7, 11) is 0. The molecule has 1 heterocycles. The third-order valence-corrected chi connectivity index (χ3v) is 3.73. The van der Waals surface area contributed by atoms with E-state index in [0.29, 0.717) is 20.8 Å². The van der Waals surface area contributed by atoms with E-state index >= 15 is 0 Å². The maximum atomic E-state index is 6.08. The molecule has 0 radical (unpaired) electrons. The van der Waals surface area contributed by atoms with Crippen LogP contribution in [0.1, 0.15) is 5.56 Å². The summed E-state index contributed by atoms with van der Waals surface area (Å²) >= 11 is 18.0. The molecule has 0 spiro atoms. The highest BCUT2D eigenvalue weighted by atomic mass is 35.5. The van der Waals surface area contributed by atoms with Gasteiger partial charge in [0.25, 0.3) is 0 Å². The molecule has 0 fully saturated rings. The zero-order chi connectivity index (χ0) is 15.5. The highest BCUT2D eigenvalue weighted by Crippen LogP contribution is 2.33. The zero-order valence-electron chi connectivity index (χ0n) is 11.1. The molecule has 22 heavy (non-hydrogen) atoms. The van der Waals surface area contributed by atoms with E-state index in [4.69, 9.17) is 34.8 Å². The summed E-state index contributed by atoms with van der Waals surface area (Å²) in [5.74, 6) is 0. The number of aromatic nitrogens is 2. The molecule has 0 bridgehead atoms. The van der Waals surface area contributed by atoms with Gasteiger partial charge in [-0.05, 0) is 18.2 Å². The number of nitrogens with one attached hydrogen (secondary N) is 1. The second kappa shape index (κ2) is 6.48. The van der Waals surface area contributed by atoms with Gasteiger partial charge in [0.15, 0.2) is 0 Å². The molecule has 1 N–H and O–H groups in total. The van der Waals surface area contributed by atoms with Gasteiger partial charge < -0.3 is 0 Å². The number of hydrazone groups is 1. The van der Waals surface area contributed by atoms with Crippen molar-refractivity contribution in [1.82, 2.24) is 9.97 Å². The molecule has 0 aliphatic heterocycles. The number of halogens is 3. The second-order valence-corrected chi connectivity index (χ2v) is 5.64. The summed E-state index contributed by atoms with van der Waals surface area (Å²) in [4.78, 5) is 8.55. The van der Waals surface area contributed by atoms with Crippen molar-refractivity contribution >= 4 is 57.7 Å². The molecule has 3 rings (SSSR count). The Morgan fingerprint density at radius 2 is 1.73 bits per heavy atom. The molecule has 0 amide bonds. The predicted molar refractivity (Wildman–Crippen MR) is 92.2 cm³/mol. The van der Waals surface area contributed by atoms with Crippen molar-refractivity contribution in [2.24, 2.45) is 5.10 Å². The van der Waals surface area contributed by atoms with Crippen LogP contribution in [-0.4, -0.2) is 16.2 Å². The van der Waals surface area contributed by atoms with Crippen LogP contribution in [0.4, 0.5) is 5.69 Å². The van der Waals surface area contributed by atoms with Crippen LogP contribution in [0.15, 0.2) is 47.8 Å². The molecule has 0 saturated carbocycles. The van der Waals surface area contributed by atoms with Crippen LogP contribution in [0.5, 0.6) is 0 Å². The van der Waals surface area contributed by atoms with Crippen molar-refractivity contribution in [2.75, 3.05) is 5.43 Å². The maximum Gasteiger partial charge on any atom is 0.0975 e. The van der Waals surface area contributed by atoms with Crippen LogP contribution in [0.25, 0.3) is 11.0 Å². The highest BCUT2D eigenvalue weighted by molar-refractivity contribution is 6.41. The fraction of sp³-hybridized carbons (Fsp3) is 0. The first-order chi connectivity index (χ1) is 10.6. The predicted octanol–water partition coefficient (Wildman–Crippen LogP) is 5.04. The minimum Gasteiger partial charge on any atom is -0.275 e. The van der Waals surface area contributed by atoms with Gasteiger partial charge >= 0.3 is 0 Å². The van der Waals surface area contributed by atoms with E-state index in [1.165, 1.54) is 0 Å². The van der Waals surface area contributed by atoms with E-state index < -0.39 is 0 Å². The van der Waals surface area contributed by atoms with Gasteiger partial charge in [0, 0.05) is 23.0 Å². The van der Waals surface area contributed by atoms with Crippen LogP contribution in [0.2, 0.25) is 15.1 Å². The standard InChI is InChI=1S/C15H9Cl3N4/c16-10-6-11(17)15(12(18)7-10)22-21-8-9-2-1-3-13-14(9)20-5-4-19-13/h1-8,22H. The minimum absolute atomic E-state index is 0.396. The van der Waals surface area contributed by atoms with Crippen molar-refractivity contribution < 1.29 is 0 Å². The first-order valence-corrected chi connectivity index (χ1v) is 7.42. The summed E-state index contributed by atoms with van der Waals surface area (Å²) in [6, 6.07) is 8.86. The van der Waals surface area contributed by atoms with Gasteiger partial charge in [0.05, 0.1) is 33.0 Å². The van der Waals surface area contributed by atoms with Crippen molar-refractivity contribution in [2.45, 2.75) is 0 Å². The Hall–Kier alpha value is -1.88. The lowest BCUT2D eigenvalue weighted by Crippen LogP contribution is -1.94. The number of rotatable bonds is 3. The summed E-state index contributed by atoms with van der Waals surface area (Å²) in [6.45, 7) is 0. The van der Waals surface area contributed by atoms with Crippen molar-refractivity contribution in [3.8, 4) is 0 Å². The van der Waals surface area contributed by atoms with Crippen LogP contribution in [0.3, 0.4) is 0 Å². The number of nitrogens with zero attached hydrogens (tertiary/aromatic N) is 3. The number of hydrogen-bond acceptors (Lipinski definition) is 4. The van der Waals surface area contributed by atoms with Gasteiger partial charge in [-0.25, -0.2) is 0 Å². The number of benzene rings is 2. The molecule has 0 unspecified atom stereocenters. The first-order valence-electron chi connectivity index (χ1n) is 6.28. The lowest BCUT2D eigenvalue weighted by molar-refractivity contribution is 1.29. The van der Waals surface area contributed by atoms with E-state index in [-0.39, 0.29) is 0 Å². The Bertz CT molecular complexity index is 836. The molecule has 0 atom stereocenters. The number of anilines is 1. The molecular weight excluding hydrogens is 343 g/mol. The summed E-state index contributed by atoms with van der Waals surface area (Å²) in [5.41, 5.74) is 5.72. The summed E-state index contributed by atoms with van der Waals surface area (Å²) in [5, 5.41) is 5.42. The van der Waals surface area contributed by atoms with Gasteiger partial charge in [-0.1, -0.05) is 46.9 Å². The van der Waals surface area contributed by atoms with E-state index in [2.05, 4.69) is 20.5 Å². The van der Waals surface area contributed by atoms with Crippen LogP contribution in [-0.2, 0) is 0 Å². The Balaban J connectivity index is 1.89. The largest absolute Gasteiger partial charge is 0.275 e. The van der Waals surface area contributed by atoms with E-state index in [9.17, 15) is 0 Å². The van der Waals surface area contributed by atoms with Crippen LogP contribution in [0, 0.1) is 0 Å². The average molecular weight is 352 g/mol. The third kappa shape index (κ3) is 3.14. The van der Waals surface area contributed by atoms with Crippen molar-refractivity contribution in [3.05, 3.63) is 63.4 Å². The SMILES string of the molecule is Clc1cc(Cl)c(NN=Cc2cccc3nccnc23)c(Cl)c1. The smallest absolute Gasteiger partial charge is 0.0975 e. The topological polar surface area (TPSA) is 50.2 Å². The van der Waals surface area contributed by atoms with Gasteiger partial charge in [-0.15, -0.1) is 0 Å². The number of para-hydroxylation sites is 1. The molecule has 4 nitrogen and oxygen atoms in total. The molecule has 3 aromatic rings. The highest BCUT2D eigenvalue weighted by Gasteiger charge is 2.06. The molecule has 110 valence electrons. The molecule has 0 aliphatic rings. The summed E-state index contributed by atoms with van der Waals surface area (Å²) < 4.78 is 0. The van der Waals surface area contributed by atoms with Crippen LogP contribution < -0.4 is 5.43 Å². The second-order valence-electron chi connectivity index (χ2n) is 4.39. The molecule has 7 heteroatoms. The van der Waals surface area contributed by atoms with E-state index in [1.54, 1.807) is 30.7 Å². The lowest BCUT2D eigenvalue weighted by Gasteiger charge is -2.06. The quantitative estimate of drug-likeness (QED) is 0.531. The Labute approximate surface area is 141 Å². The van der Waals surface area contributed by atoms with E-state index in [0.717, 1.165) is 16.6 Å². The minimum atomic E-state index is 0.396. The van der Waals surface area contributed by atoms with E-state index in [1.807, 2.05) is 18.2 Å². The Kier molecular flexibility index (Phi) is 4.43. The maximum absolute atomic E-state index is 6.08. The molecule has 1 aromatic heterocycles. The molecule has 0 saturated heterocycles. The fourth-order valence-corrected chi connectivity index (χ4v) is 2.84. The first kappa shape index (κ1) is 15.0. The van der Waals surface area contributed by atoms with Crippen LogP contribution >= 0.6 is 34.8 Å². The lowest BCUT2D eigenvalue weighted by atomic mass is 10.2. The number of fused-ring (bicyclic) bond motifs is 1. The number of hydrogen-bond donors (Lipinski definition) is 1. The third-order valence-electron chi connectivity index (χ3n) is 2.92. The zero-order valence-corrected chi connectivity index (χ0v) is 13.4. The molecule has 0 aliphatic carbocycles. The van der Waals surface area contributed by atoms with Gasteiger partial charge in [0.1, 0.15) is 0 Å².